The first-order valence-electron chi connectivity index (χ1n) is 3.85. The van der Waals surface area contributed by atoms with Crippen molar-refractivity contribution >= 4 is 38.0 Å². The maximum Gasteiger partial charge on any atom is 0.414 e. The van der Waals surface area contributed by atoms with Gasteiger partial charge < -0.3 is 9.64 Å². The average Bonchev–Trinajstić information content (AvgIpc) is 2.11. The Bertz CT molecular complexity index is 332. The van der Waals surface area contributed by atoms with Crippen LogP contribution in [0.3, 0.4) is 0 Å². The maximum absolute atomic E-state index is 11.3. The predicted octanol–water partition coefficient (Wildman–Crippen LogP) is 3.27. The molecule has 0 bridgehead atoms. The van der Waals surface area contributed by atoms with Gasteiger partial charge in [0.15, 0.2) is 5.75 Å². The summed E-state index contributed by atoms with van der Waals surface area (Å²) < 4.78 is 6.61. The van der Waals surface area contributed by atoms with Crippen LogP contribution in [-0.4, -0.2) is 25.1 Å². The molecule has 1 rings (SSSR count). The number of para-hydroxylation sites is 1. The van der Waals surface area contributed by atoms with Crippen LogP contribution in [0.5, 0.6) is 5.75 Å². The third-order valence-electron chi connectivity index (χ3n) is 1.47. The third kappa shape index (κ3) is 2.72. The van der Waals surface area contributed by atoms with Crippen molar-refractivity contribution in [2.45, 2.75) is 0 Å². The van der Waals surface area contributed by atoms with E-state index in [0.29, 0.717) is 5.75 Å². The van der Waals surface area contributed by atoms with Crippen molar-refractivity contribution in [2.24, 2.45) is 0 Å². The Morgan fingerprint density at radius 1 is 1.29 bits per heavy atom. The Balaban J connectivity index is 2.91. The smallest absolute Gasteiger partial charge is 0.408 e. The van der Waals surface area contributed by atoms with E-state index in [-0.39, 0.29) is 0 Å². The van der Waals surface area contributed by atoms with Gasteiger partial charge in [-0.25, -0.2) is 4.79 Å². The molecule has 0 saturated carbocycles. The lowest BCUT2D eigenvalue weighted by Gasteiger charge is -2.12. The monoisotopic (exact) mass is 321 g/mol. The van der Waals surface area contributed by atoms with Gasteiger partial charge in [0.05, 0.1) is 8.95 Å². The first kappa shape index (κ1) is 11.5. The summed E-state index contributed by atoms with van der Waals surface area (Å²) in [5.41, 5.74) is 0. The van der Waals surface area contributed by atoms with Gasteiger partial charge in [0.25, 0.3) is 0 Å². The van der Waals surface area contributed by atoms with E-state index in [9.17, 15) is 4.79 Å². The molecule has 1 aromatic rings. The minimum absolute atomic E-state index is 0.405. The second-order valence-electron chi connectivity index (χ2n) is 2.81. The highest BCUT2D eigenvalue weighted by Gasteiger charge is 2.12. The molecule has 0 aliphatic heterocycles. The van der Waals surface area contributed by atoms with Gasteiger partial charge >= 0.3 is 6.09 Å². The maximum atomic E-state index is 11.3. The Kier molecular flexibility index (Phi) is 3.95. The summed E-state index contributed by atoms with van der Waals surface area (Å²) in [6.07, 6.45) is -0.405. The number of carbonyl (C=O) groups is 1. The van der Waals surface area contributed by atoms with E-state index in [1.807, 2.05) is 18.2 Å². The molecule has 3 nitrogen and oxygen atoms in total. The SMILES string of the molecule is CN(C)C(=O)Oc1c(Br)cccc1Br. The molecule has 0 atom stereocenters. The molecule has 0 spiro atoms. The van der Waals surface area contributed by atoms with E-state index in [2.05, 4.69) is 31.9 Å². The topological polar surface area (TPSA) is 29.5 Å². The van der Waals surface area contributed by atoms with Crippen LogP contribution < -0.4 is 4.74 Å². The molecule has 0 aliphatic rings. The number of carbonyl (C=O) groups excluding carboxylic acids is 1. The molecule has 14 heavy (non-hydrogen) atoms. The second kappa shape index (κ2) is 4.79. The van der Waals surface area contributed by atoms with Crippen molar-refractivity contribution in [2.75, 3.05) is 14.1 Å². The average molecular weight is 323 g/mol. The Morgan fingerprint density at radius 3 is 2.21 bits per heavy atom. The van der Waals surface area contributed by atoms with Gasteiger partial charge in [-0.2, -0.15) is 0 Å². The molecular weight excluding hydrogens is 314 g/mol. The molecule has 0 aromatic heterocycles. The number of benzene rings is 1. The zero-order valence-corrected chi connectivity index (χ0v) is 10.9. The molecule has 0 N–H and O–H groups in total. The number of amides is 1. The third-order valence-corrected chi connectivity index (χ3v) is 2.72. The summed E-state index contributed by atoms with van der Waals surface area (Å²) in [7, 11) is 3.26. The van der Waals surface area contributed by atoms with E-state index in [1.165, 1.54) is 4.90 Å². The van der Waals surface area contributed by atoms with Crippen molar-refractivity contribution in [3.8, 4) is 5.75 Å². The van der Waals surface area contributed by atoms with Gasteiger partial charge in [-0.3, -0.25) is 0 Å². The second-order valence-corrected chi connectivity index (χ2v) is 4.52. The highest BCUT2D eigenvalue weighted by Crippen LogP contribution is 2.33. The molecule has 0 saturated heterocycles. The van der Waals surface area contributed by atoms with E-state index in [4.69, 9.17) is 4.74 Å². The van der Waals surface area contributed by atoms with E-state index >= 15 is 0 Å². The fourth-order valence-corrected chi connectivity index (χ4v) is 1.92. The van der Waals surface area contributed by atoms with Gasteiger partial charge in [-0.05, 0) is 44.0 Å². The van der Waals surface area contributed by atoms with Crippen molar-refractivity contribution in [3.05, 3.63) is 27.1 Å². The van der Waals surface area contributed by atoms with Crippen molar-refractivity contribution in [3.63, 3.8) is 0 Å². The van der Waals surface area contributed by atoms with Crippen LogP contribution in [0.1, 0.15) is 0 Å². The summed E-state index contributed by atoms with van der Waals surface area (Å²) in [5, 5.41) is 0. The standard InChI is InChI=1S/C9H9Br2NO2/c1-12(2)9(13)14-8-6(10)4-3-5-7(8)11/h3-5H,1-2H3. The Labute approximate surface area is 99.3 Å². The quantitative estimate of drug-likeness (QED) is 0.794. The molecule has 0 heterocycles. The molecule has 0 aliphatic carbocycles. The Morgan fingerprint density at radius 2 is 1.79 bits per heavy atom. The zero-order valence-electron chi connectivity index (χ0n) is 7.75. The zero-order chi connectivity index (χ0) is 10.7. The van der Waals surface area contributed by atoms with Crippen LogP contribution in [0.25, 0.3) is 0 Å². The number of hydrogen-bond donors (Lipinski definition) is 0. The predicted molar refractivity (Wildman–Crippen MR) is 61.6 cm³/mol. The molecule has 0 unspecified atom stereocenters. The van der Waals surface area contributed by atoms with Gasteiger partial charge in [0.1, 0.15) is 0 Å². The van der Waals surface area contributed by atoms with Crippen molar-refractivity contribution in [1.29, 1.82) is 0 Å². The largest absolute Gasteiger partial charge is 0.414 e. The fourth-order valence-electron chi connectivity index (χ4n) is 0.759. The molecule has 0 fully saturated rings. The summed E-state index contributed by atoms with van der Waals surface area (Å²) in [5.74, 6) is 0.492. The summed E-state index contributed by atoms with van der Waals surface area (Å²) in [6.45, 7) is 0. The number of nitrogens with zero attached hydrogens (tertiary/aromatic N) is 1. The first-order chi connectivity index (χ1) is 6.52. The van der Waals surface area contributed by atoms with E-state index in [1.54, 1.807) is 14.1 Å². The van der Waals surface area contributed by atoms with Crippen LogP contribution in [0.2, 0.25) is 0 Å². The van der Waals surface area contributed by atoms with Crippen molar-refractivity contribution < 1.29 is 9.53 Å². The van der Waals surface area contributed by atoms with Gasteiger partial charge in [0.2, 0.25) is 0 Å². The molecule has 1 aromatic carbocycles. The van der Waals surface area contributed by atoms with Crippen LogP contribution in [-0.2, 0) is 0 Å². The molecule has 5 heteroatoms. The number of ether oxygens (including phenoxy) is 1. The van der Waals surface area contributed by atoms with Gasteiger partial charge in [0, 0.05) is 14.1 Å². The highest BCUT2D eigenvalue weighted by atomic mass is 79.9. The first-order valence-corrected chi connectivity index (χ1v) is 5.44. The number of halogens is 2. The molecular formula is C9H9Br2NO2. The lowest BCUT2D eigenvalue weighted by Crippen LogP contribution is -2.25. The van der Waals surface area contributed by atoms with Crippen LogP contribution in [0.4, 0.5) is 4.79 Å². The van der Waals surface area contributed by atoms with Gasteiger partial charge in [-0.15, -0.1) is 0 Å². The van der Waals surface area contributed by atoms with Crippen LogP contribution in [0.15, 0.2) is 27.1 Å². The highest BCUT2D eigenvalue weighted by molar-refractivity contribution is 9.11. The molecule has 1 amide bonds. The Hall–Kier alpha value is -0.550. The van der Waals surface area contributed by atoms with E-state index in [0.717, 1.165) is 8.95 Å². The summed E-state index contributed by atoms with van der Waals surface area (Å²) >= 11 is 6.60. The lowest BCUT2D eigenvalue weighted by atomic mass is 10.3. The van der Waals surface area contributed by atoms with Crippen LogP contribution in [0, 0.1) is 0 Å². The lowest BCUT2D eigenvalue weighted by molar-refractivity contribution is 0.171. The summed E-state index contributed by atoms with van der Waals surface area (Å²) in [6, 6.07) is 5.47. The van der Waals surface area contributed by atoms with Crippen molar-refractivity contribution in [1.82, 2.24) is 4.90 Å². The fraction of sp³-hybridized carbons (Fsp3) is 0.222. The molecule has 76 valence electrons. The minimum Gasteiger partial charge on any atom is -0.408 e. The van der Waals surface area contributed by atoms with Gasteiger partial charge in [-0.1, -0.05) is 6.07 Å². The normalized spacial score (nSPS) is 9.71. The summed E-state index contributed by atoms with van der Waals surface area (Å²) in [4.78, 5) is 12.6. The minimum atomic E-state index is -0.405. The molecule has 0 radical (unpaired) electrons. The van der Waals surface area contributed by atoms with Crippen LogP contribution >= 0.6 is 31.9 Å². The van der Waals surface area contributed by atoms with E-state index < -0.39 is 6.09 Å². The number of rotatable bonds is 1. The number of hydrogen-bond acceptors (Lipinski definition) is 2.